The summed E-state index contributed by atoms with van der Waals surface area (Å²) in [5.74, 6) is -0.644. The second-order valence-corrected chi connectivity index (χ2v) is 3.88. The summed E-state index contributed by atoms with van der Waals surface area (Å²) in [5, 5.41) is 0. The largest absolute Gasteiger partial charge is 0.343 e. The lowest BCUT2D eigenvalue weighted by molar-refractivity contribution is -0.119. The third kappa shape index (κ3) is 3.09. The maximum atomic E-state index is 11.6. The van der Waals surface area contributed by atoms with Crippen molar-refractivity contribution in [3.05, 3.63) is 22.4 Å². The highest BCUT2D eigenvalue weighted by molar-refractivity contribution is 9.10. The number of halogens is 1. The minimum absolute atomic E-state index is 0.308. The van der Waals surface area contributed by atoms with E-state index in [0.29, 0.717) is 12.2 Å². The number of carbonyl (C=O) groups is 2. The van der Waals surface area contributed by atoms with Crippen LogP contribution in [0.15, 0.2) is 16.7 Å². The van der Waals surface area contributed by atoms with Gasteiger partial charge in [0.05, 0.1) is 0 Å². The third-order valence-electron chi connectivity index (χ3n) is 1.79. The molecule has 0 spiro atoms. The Morgan fingerprint density at radius 2 is 2.13 bits per heavy atom. The predicted octanol–water partition coefficient (Wildman–Crippen LogP) is 1.05. The molecule has 0 saturated carbocycles. The van der Waals surface area contributed by atoms with Gasteiger partial charge in [-0.2, -0.15) is 0 Å². The van der Waals surface area contributed by atoms with Crippen molar-refractivity contribution < 1.29 is 9.59 Å². The van der Waals surface area contributed by atoms with Gasteiger partial charge >= 0.3 is 0 Å². The number of hydrogen-bond donors (Lipinski definition) is 2. The molecule has 0 saturated heterocycles. The van der Waals surface area contributed by atoms with Gasteiger partial charge in [-0.05, 0) is 28.9 Å². The molecule has 0 aliphatic heterocycles. The van der Waals surface area contributed by atoms with Crippen LogP contribution in [-0.2, 0) is 11.3 Å². The average Bonchev–Trinajstić information content (AvgIpc) is 2.56. The molecule has 0 unspecified atom stereocenters. The number of aryl methyl sites for hydroxylation is 1. The van der Waals surface area contributed by atoms with Gasteiger partial charge in [0.25, 0.3) is 5.91 Å². The number of carbonyl (C=O) groups excluding carboxylic acids is 2. The monoisotopic (exact) mass is 273 g/mol. The lowest BCUT2D eigenvalue weighted by Gasteiger charge is -2.07. The number of nitrogens with zero attached hydrogens (tertiary/aromatic N) is 1. The number of hydrogen-bond acceptors (Lipinski definition) is 2. The van der Waals surface area contributed by atoms with Crippen LogP contribution in [0.3, 0.4) is 0 Å². The first-order chi connectivity index (χ1) is 7.04. The van der Waals surface area contributed by atoms with Crippen LogP contribution in [0, 0.1) is 0 Å². The fourth-order valence-electron chi connectivity index (χ4n) is 1.14. The molecule has 2 amide bonds. The van der Waals surface area contributed by atoms with Gasteiger partial charge in [-0.3, -0.25) is 20.4 Å². The van der Waals surface area contributed by atoms with E-state index < -0.39 is 0 Å². The normalized spacial score (nSPS) is 9.80. The quantitative estimate of drug-likeness (QED) is 0.792. The van der Waals surface area contributed by atoms with Gasteiger partial charge in [0.2, 0.25) is 5.91 Å². The maximum absolute atomic E-state index is 11.6. The Morgan fingerprint density at radius 3 is 2.67 bits per heavy atom. The van der Waals surface area contributed by atoms with Crippen LogP contribution in [-0.4, -0.2) is 16.4 Å². The highest BCUT2D eigenvalue weighted by Crippen LogP contribution is 2.14. The smallest absolute Gasteiger partial charge is 0.286 e. The summed E-state index contributed by atoms with van der Waals surface area (Å²) >= 11 is 3.28. The van der Waals surface area contributed by atoms with Crippen LogP contribution in [0.2, 0.25) is 0 Å². The summed E-state index contributed by atoms with van der Waals surface area (Å²) < 4.78 is 2.61. The third-order valence-corrected chi connectivity index (χ3v) is 2.22. The Bertz CT molecular complexity index is 387. The zero-order chi connectivity index (χ0) is 11.4. The lowest BCUT2D eigenvalue weighted by Crippen LogP contribution is -2.41. The molecule has 0 aliphatic rings. The number of amides is 2. The van der Waals surface area contributed by atoms with Crippen LogP contribution in [0.25, 0.3) is 0 Å². The summed E-state index contributed by atoms with van der Waals surface area (Å²) in [4.78, 5) is 22.2. The van der Waals surface area contributed by atoms with Crippen molar-refractivity contribution in [1.82, 2.24) is 15.4 Å². The van der Waals surface area contributed by atoms with E-state index in [1.165, 1.54) is 6.92 Å². The van der Waals surface area contributed by atoms with E-state index in [1.807, 2.05) is 13.1 Å². The molecular weight excluding hydrogens is 262 g/mol. The Labute approximate surface area is 95.9 Å². The zero-order valence-electron chi connectivity index (χ0n) is 8.50. The average molecular weight is 274 g/mol. The zero-order valence-corrected chi connectivity index (χ0v) is 10.1. The number of aromatic nitrogens is 1. The molecule has 0 bridgehead atoms. The Kier molecular flexibility index (Phi) is 3.90. The van der Waals surface area contributed by atoms with Crippen molar-refractivity contribution >= 4 is 27.7 Å². The highest BCUT2D eigenvalue weighted by Gasteiger charge is 2.11. The van der Waals surface area contributed by atoms with Crippen LogP contribution in [0.5, 0.6) is 0 Å². The Hall–Kier alpha value is -1.30. The van der Waals surface area contributed by atoms with E-state index in [0.717, 1.165) is 4.47 Å². The molecule has 82 valence electrons. The van der Waals surface area contributed by atoms with Gasteiger partial charge in [-0.25, -0.2) is 0 Å². The molecule has 0 aromatic carbocycles. The second kappa shape index (κ2) is 4.97. The van der Waals surface area contributed by atoms with Gasteiger partial charge in [0.1, 0.15) is 5.69 Å². The molecule has 1 rings (SSSR count). The van der Waals surface area contributed by atoms with E-state index in [1.54, 1.807) is 10.6 Å². The van der Waals surface area contributed by atoms with Crippen LogP contribution >= 0.6 is 15.9 Å². The molecule has 0 aliphatic carbocycles. The van der Waals surface area contributed by atoms with Crippen molar-refractivity contribution in [3.63, 3.8) is 0 Å². The molecule has 1 aromatic rings. The summed E-state index contributed by atoms with van der Waals surface area (Å²) in [6.45, 7) is 3.95. The van der Waals surface area contributed by atoms with Crippen molar-refractivity contribution in [2.75, 3.05) is 0 Å². The minimum atomic E-state index is -0.335. The van der Waals surface area contributed by atoms with E-state index in [4.69, 9.17) is 0 Å². The summed E-state index contributed by atoms with van der Waals surface area (Å²) in [6, 6.07) is 1.70. The van der Waals surface area contributed by atoms with Crippen molar-refractivity contribution in [2.24, 2.45) is 0 Å². The fourth-order valence-corrected chi connectivity index (χ4v) is 1.60. The van der Waals surface area contributed by atoms with Crippen molar-refractivity contribution in [2.45, 2.75) is 20.4 Å². The topological polar surface area (TPSA) is 63.1 Å². The molecular formula is C9H12BrN3O2. The first kappa shape index (κ1) is 11.8. The van der Waals surface area contributed by atoms with E-state index in [-0.39, 0.29) is 11.8 Å². The number of nitrogens with one attached hydrogen (secondary N) is 2. The van der Waals surface area contributed by atoms with Gasteiger partial charge in [-0.1, -0.05) is 0 Å². The SMILES string of the molecule is CCn1cc(Br)cc1C(=O)NNC(C)=O. The number of hydrazine groups is 1. The molecule has 2 N–H and O–H groups in total. The molecule has 0 atom stereocenters. The van der Waals surface area contributed by atoms with E-state index in [2.05, 4.69) is 26.8 Å². The molecule has 0 radical (unpaired) electrons. The first-order valence-corrected chi connectivity index (χ1v) is 5.26. The fraction of sp³-hybridized carbons (Fsp3) is 0.333. The molecule has 1 aromatic heterocycles. The maximum Gasteiger partial charge on any atom is 0.286 e. The Morgan fingerprint density at radius 1 is 1.47 bits per heavy atom. The van der Waals surface area contributed by atoms with Crippen molar-refractivity contribution in [1.29, 1.82) is 0 Å². The van der Waals surface area contributed by atoms with E-state index in [9.17, 15) is 9.59 Å². The van der Waals surface area contributed by atoms with Gasteiger partial charge in [-0.15, -0.1) is 0 Å². The lowest BCUT2D eigenvalue weighted by atomic mass is 10.4. The van der Waals surface area contributed by atoms with E-state index >= 15 is 0 Å². The summed E-state index contributed by atoms with van der Waals surface area (Å²) in [5.41, 5.74) is 5.04. The first-order valence-electron chi connectivity index (χ1n) is 4.47. The molecule has 6 heteroatoms. The van der Waals surface area contributed by atoms with Crippen LogP contribution in [0.4, 0.5) is 0 Å². The van der Waals surface area contributed by atoms with Gasteiger partial charge in [0.15, 0.2) is 0 Å². The molecule has 15 heavy (non-hydrogen) atoms. The van der Waals surface area contributed by atoms with Gasteiger partial charge in [0, 0.05) is 24.1 Å². The van der Waals surface area contributed by atoms with Crippen LogP contribution in [0.1, 0.15) is 24.3 Å². The highest BCUT2D eigenvalue weighted by atomic mass is 79.9. The molecule has 0 fully saturated rings. The minimum Gasteiger partial charge on any atom is -0.343 e. The molecule has 1 heterocycles. The predicted molar refractivity (Wildman–Crippen MR) is 59.1 cm³/mol. The Balaban J connectivity index is 2.76. The molecule has 5 nitrogen and oxygen atoms in total. The summed E-state index contributed by atoms with van der Waals surface area (Å²) in [6.07, 6.45) is 1.81. The van der Waals surface area contributed by atoms with Crippen LogP contribution < -0.4 is 10.9 Å². The number of rotatable bonds is 2. The van der Waals surface area contributed by atoms with Gasteiger partial charge < -0.3 is 4.57 Å². The summed E-state index contributed by atoms with van der Waals surface area (Å²) in [7, 11) is 0. The standard InChI is InChI=1S/C9H12BrN3O2/c1-3-13-5-7(10)4-8(13)9(15)12-11-6(2)14/h4-5H,3H2,1-2H3,(H,11,14)(H,12,15). The second-order valence-electron chi connectivity index (χ2n) is 2.96. The van der Waals surface area contributed by atoms with Crippen molar-refractivity contribution in [3.8, 4) is 0 Å².